The molecule has 0 saturated heterocycles. The van der Waals surface area contributed by atoms with E-state index in [9.17, 15) is 9.90 Å². The maximum atomic E-state index is 12.7. The number of carbonyl (C=O) groups excluding carboxylic acids is 1. The van der Waals surface area contributed by atoms with E-state index in [-0.39, 0.29) is 29.1 Å². The van der Waals surface area contributed by atoms with Crippen molar-refractivity contribution in [3.63, 3.8) is 0 Å². The minimum Gasteiger partial charge on any atom is -0.396 e. The Labute approximate surface area is 149 Å². The summed E-state index contributed by atoms with van der Waals surface area (Å²) in [4.78, 5) is 12.7. The molecule has 0 bridgehead atoms. The van der Waals surface area contributed by atoms with Crippen molar-refractivity contribution in [2.24, 2.45) is 11.3 Å². The maximum Gasteiger partial charge on any atom is 0.209 e. The number of carbonyl (C=O) groups is 1. The minimum absolute atomic E-state index is 0.00134. The molecule has 2 aromatic carbocycles. The van der Waals surface area contributed by atoms with Gasteiger partial charge in [-0.2, -0.15) is 0 Å². The fraction of sp³-hybridized carbons (Fsp3) is 0.348. The zero-order valence-corrected chi connectivity index (χ0v) is 14.8. The van der Waals surface area contributed by atoms with Gasteiger partial charge in [0.2, 0.25) is 5.78 Å². The number of ketones is 1. The molecule has 0 aliphatic heterocycles. The summed E-state index contributed by atoms with van der Waals surface area (Å²) in [6, 6.07) is 20.5. The molecule has 1 N–H and O–H groups in total. The topological polar surface area (TPSA) is 37.3 Å². The number of benzene rings is 2. The van der Waals surface area contributed by atoms with Crippen LogP contribution in [-0.4, -0.2) is 17.5 Å². The lowest BCUT2D eigenvalue weighted by atomic mass is 9.85. The molecular formula is C23H24O2. The lowest BCUT2D eigenvalue weighted by Crippen LogP contribution is -2.17. The van der Waals surface area contributed by atoms with Crippen LogP contribution in [-0.2, 0) is 10.2 Å². The number of rotatable bonds is 5. The van der Waals surface area contributed by atoms with Gasteiger partial charge in [-0.3, -0.25) is 4.79 Å². The lowest BCUT2D eigenvalue weighted by molar-refractivity contribution is -0.115. The van der Waals surface area contributed by atoms with E-state index in [0.29, 0.717) is 6.42 Å². The Kier molecular flexibility index (Phi) is 4.79. The Morgan fingerprint density at radius 3 is 2.08 bits per heavy atom. The van der Waals surface area contributed by atoms with Gasteiger partial charge in [0, 0.05) is 24.4 Å². The molecule has 3 rings (SSSR count). The van der Waals surface area contributed by atoms with Crippen LogP contribution >= 0.6 is 0 Å². The van der Waals surface area contributed by atoms with Crippen molar-refractivity contribution in [3.8, 4) is 11.8 Å². The van der Waals surface area contributed by atoms with Crippen molar-refractivity contribution in [3.05, 3.63) is 71.8 Å². The van der Waals surface area contributed by atoms with Gasteiger partial charge in [0.1, 0.15) is 0 Å². The lowest BCUT2D eigenvalue weighted by Gasteiger charge is -2.18. The average Bonchev–Trinajstić information content (AvgIpc) is 3.40. The SMILES string of the molecule is CC(C)(CO)CC#CC(=O)C1CC1(c1ccccc1)c1ccccc1. The summed E-state index contributed by atoms with van der Waals surface area (Å²) in [7, 11) is 0. The van der Waals surface area contributed by atoms with Crippen LogP contribution in [0.5, 0.6) is 0 Å². The monoisotopic (exact) mass is 332 g/mol. The van der Waals surface area contributed by atoms with E-state index in [1.807, 2.05) is 50.2 Å². The minimum atomic E-state index is -0.271. The molecule has 2 nitrogen and oxygen atoms in total. The Bertz CT molecular complexity index is 755. The van der Waals surface area contributed by atoms with E-state index in [2.05, 4.69) is 36.1 Å². The van der Waals surface area contributed by atoms with Gasteiger partial charge in [-0.05, 0) is 28.9 Å². The van der Waals surface area contributed by atoms with Crippen LogP contribution in [0, 0.1) is 23.2 Å². The van der Waals surface area contributed by atoms with E-state index in [0.717, 1.165) is 6.42 Å². The Balaban J connectivity index is 1.86. The largest absolute Gasteiger partial charge is 0.396 e. The first-order chi connectivity index (χ1) is 12.0. The summed E-state index contributed by atoms with van der Waals surface area (Å²) >= 11 is 0. The highest BCUT2D eigenvalue weighted by molar-refractivity contribution is 6.01. The van der Waals surface area contributed by atoms with Crippen LogP contribution < -0.4 is 0 Å². The van der Waals surface area contributed by atoms with Crippen molar-refractivity contribution in [1.29, 1.82) is 0 Å². The van der Waals surface area contributed by atoms with Crippen LogP contribution in [0.3, 0.4) is 0 Å². The highest BCUT2D eigenvalue weighted by Gasteiger charge is 2.59. The first kappa shape index (κ1) is 17.5. The molecule has 0 spiro atoms. The molecule has 0 amide bonds. The van der Waals surface area contributed by atoms with E-state index in [1.165, 1.54) is 11.1 Å². The van der Waals surface area contributed by atoms with Crippen LogP contribution in [0.1, 0.15) is 37.8 Å². The normalized spacial score (nSPS) is 18.1. The summed E-state index contributed by atoms with van der Waals surface area (Å²) in [5.41, 5.74) is 1.84. The molecule has 2 aromatic rings. The van der Waals surface area contributed by atoms with Crippen molar-refractivity contribution in [2.75, 3.05) is 6.61 Å². The van der Waals surface area contributed by atoms with Gasteiger partial charge in [0.05, 0.1) is 0 Å². The zero-order chi connectivity index (χ0) is 17.9. The van der Waals surface area contributed by atoms with Gasteiger partial charge in [-0.25, -0.2) is 0 Å². The fourth-order valence-corrected chi connectivity index (χ4v) is 3.37. The smallest absolute Gasteiger partial charge is 0.209 e. The van der Waals surface area contributed by atoms with Crippen LogP contribution in [0.4, 0.5) is 0 Å². The molecule has 25 heavy (non-hydrogen) atoms. The van der Waals surface area contributed by atoms with E-state index in [4.69, 9.17) is 0 Å². The van der Waals surface area contributed by atoms with Gasteiger partial charge < -0.3 is 5.11 Å². The molecule has 1 atom stereocenters. The van der Waals surface area contributed by atoms with Crippen molar-refractivity contribution >= 4 is 5.78 Å². The number of hydrogen-bond donors (Lipinski definition) is 1. The predicted molar refractivity (Wildman–Crippen MR) is 100 cm³/mol. The van der Waals surface area contributed by atoms with Crippen molar-refractivity contribution < 1.29 is 9.90 Å². The zero-order valence-electron chi connectivity index (χ0n) is 14.8. The molecule has 0 aromatic heterocycles. The van der Waals surface area contributed by atoms with Crippen molar-refractivity contribution in [2.45, 2.75) is 32.1 Å². The van der Waals surface area contributed by atoms with Gasteiger partial charge in [-0.15, -0.1) is 0 Å². The van der Waals surface area contributed by atoms with E-state index >= 15 is 0 Å². The first-order valence-electron chi connectivity index (χ1n) is 8.74. The van der Waals surface area contributed by atoms with E-state index in [1.54, 1.807) is 0 Å². The molecule has 1 saturated carbocycles. The van der Waals surface area contributed by atoms with Crippen LogP contribution in [0.25, 0.3) is 0 Å². The first-order valence-corrected chi connectivity index (χ1v) is 8.74. The second kappa shape index (κ2) is 6.86. The number of Topliss-reactive ketones (excluding diaryl/α,β-unsaturated/α-hetero) is 1. The summed E-state index contributed by atoms with van der Waals surface area (Å²) in [5, 5.41) is 9.31. The molecule has 1 unspecified atom stereocenters. The fourth-order valence-electron chi connectivity index (χ4n) is 3.37. The molecule has 1 aliphatic carbocycles. The highest BCUT2D eigenvalue weighted by atomic mass is 16.3. The summed E-state index contributed by atoms with van der Waals surface area (Å²) < 4.78 is 0. The van der Waals surface area contributed by atoms with Crippen LogP contribution in [0.2, 0.25) is 0 Å². The third-order valence-electron chi connectivity index (χ3n) is 5.06. The Hall–Kier alpha value is -2.37. The average molecular weight is 332 g/mol. The molecule has 128 valence electrons. The number of hydrogen-bond acceptors (Lipinski definition) is 2. The number of aliphatic hydroxyl groups excluding tert-OH is 1. The summed E-state index contributed by atoms with van der Waals surface area (Å²) in [6.45, 7) is 3.96. The quantitative estimate of drug-likeness (QED) is 0.664. The Morgan fingerprint density at radius 2 is 1.60 bits per heavy atom. The molecule has 0 heterocycles. The third-order valence-corrected chi connectivity index (χ3v) is 5.06. The molecule has 1 fully saturated rings. The molecular weight excluding hydrogens is 308 g/mol. The van der Waals surface area contributed by atoms with Gasteiger partial charge in [0.15, 0.2) is 0 Å². The maximum absolute atomic E-state index is 12.7. The molecule has 1 aliphatic rings. The number of aliphatic hydroxyl groups is 1. The highest BCUT2D eigenvalue weighted by Crippen LogP contribution is 2.59. The summed E-state index contributed by atoms with van der Waals surface area (Å²) in [6.07, 6.45) is 1.32. The van der Waals surface area contributed by atoms with Crippen LogP contribution in [0.15, 0.2) is 60.7 Å². The van der Waals surface area contributed by atoms with Gasteiger partial charge in [0.25, 0.3) is 0 Å². The molecule has 2 heteroatoms. The standard InChI is InChI=1S/C23H24O2/c1-22(2,17-24)15-9-14-21(25)20-16-23(20,18-10-5-3-6-11-18)19-12-7-4-8-13-19/h3-8,10-13,20,24H,15-17H2,1-2H3. The van der Waals surface area contributed by atoms with Gasteiger partial charge >= 0.3 is 0 Å². The third kappa shape index (κ3) is 3.52. The second-order valence-corrected chi connectivity index (χ2v) is 7.63. The van der Waals surface area contributed by atoms with Crippen molar-refractivity contribution in [1.82, 2.24) is 0 Å². The van der Waals surface area contributed by atoms with Gasteiger partial charge in [-0.1, -0.05) is 80.4 Å². The summed E-state index contributed by atoms with van der Waals surface area (Å²) in [5.74, 6) is 5.71. The molecule has 0 radical (unpaired) electrons. The second-order valence-electron chi connectivity index (χ2n) is 7.63. The Morgan fingerprint density at radius 1 is 1.08 bits per heavy atom. The van der Waals surface area contributed by atoms with E-state index < -0.39 is 0 Å². The predicted octanol–water partition coefficient (Wildman–Crippen LogP) is 3.97.